The third kappa shape index (κ3) is 4.86. The standard InChI is InChI=1S/C4H4Cl5N/c1-2(5)10-3(6)4(7,8)9/h3H,1H3/b10-2-. The molecule has 0 saturated heterocycles. The summed E-state index contributed by atoms with van der Waals surface area (Å²) in [6.45, 7) is 1.55. The van der Waals surface area contributed by atoms with Crippen LogP contribution in [0.5, 0.6) is 0 Å². The van der Waals surface area contributed by atoms with E-state index in [0.717, 1.165) is 0 Å². The predicted octanol–water partition coefficient (Wildman–Crippen LogP) is 3.58. The Morgan fingerprint density at radius 2 is 1.80 bits per heavy atom. The van der Waals surface area contributed by atoms with Gasteiger partial charge in [0.25, 0.3) is 0 Å². The molecule has 0 aliphatic carbocycles. The molecule has 0 heterocycles. The highest BCUT2D eigenvalue weighted by molar-refractivity contribution is 6.70. The Kier molecular flexibility index (Phi) is 4.69. The van der Waals surface area contributed by atoms with Crippen molar-refractivity contribution in [2.24, 2.45) is 4.99 Å². The van der Waals surface area contributed by atoms with E-state index in [4.69, 9.17) is 58.0 Å². The number of aliphatic imine (C=N–C) groups is 1. The van der Waals surface area contributed by atoms with E-state index in [2.05, 4.69) is 4.99 Å². The summed E-state index contributed by atoms with van der Waals surface area (Å²) >= 11 is 26.9. The average molecular weight is 243 g/mol. The largest absolute Gasteiger partial charge is 0.254 e. The summed E-state index contributed by atoms with van der Waals surface area (Å²) in [6.07, 6.45) is 0. The number of rotatable bonds is 1. The zero-order valence-electron chi connectivity index (χ0n) is 4.91. The normalized spacial score (nSPS) is 17.2. The van der Waals surface area contributed by atoms with Gasteiger partial charge < -0.3 is 0 Å². The van der Waals surface area contributed by atoms with E-state index >= 15 is 0 Å². The lowest BCUT2D eigenvalue weighted by Crippen LogP contribution is -2.17. The van der Waals surface area contributed by atoms with Crippen molar-refractivity contribution in [3.05, 3.63) is 0 Å². The molecule has 0 bridgehead atoms. The third-order valence-electron chi connectivity index (χ3n) is 0.561. The van der Waals surface area contributed by atoms with E-state index < -0.39 is 9.29 Å². The van der Waals surface area contributed by atoms with E-state index in [1.165, 1.54) is 0 Å². The highest BCUT2D eigenvalue weighted by Crippen LogP contribution is 2.34. The molecule has 0 N–H and O–H groups in total. The van der Waals surface area contributed by atoms with E-state index in [1.54, 1.807) is 6.92 Å². The first-order valence-corrected chi connectivity index (χ1v) is 4.19. The van der Waals surface area contributed by atoms with Gasteiger partial charge in [0, 0.05) is 0 Å². The number of nitrogens with zero attached hydrogens (tertiary/aromatic N) is 1. The molecule has 1 unspecified atom stereocenters. The van der Waals surface area contributed by atoms with Crippen molar-refractivity contribution in [3.8, 4) is 0 Å². The highest BCUT2D eigenvalue weighted by atomic mass is 35.6. The Morgan fingerprint density at radius 3 is 1.90 bits per heavy atom. The predicted molar refractivity (Wildman–Crippen MR) is 48.9 cm³/mol. The van der Waals surface area contributed by atoms with Crippen LogP contribution in [-0.4, -0.2) is 14.5 Å². The second-order valence-electron chi connectivity index (χ2n) is 1.50. The summed E-state index contributed by atoms with van der Waals surface area (Å²) in [6, 6.07) is 0. The van der Waals surface area contributed by atoms with Gasteiger partial charge in [-0.3, -0.25) is 4.99 Å². The van der Waals surface area contributed by atoms with Gasteiger partial charge in [0.2, 0.25) is 3.79 Å². The number of hydrogen-bond donors (Lipinski definition) is 0. The van der Waals surface area contributed by atoms with Crippen LogP contribution in [0.1, 0.15) is 6.92 Å². The first kappa shape index (κ1) is 11.1. The molecule has 60 valence electrons. The minimum Gasteiger partial charge on any atom is -0.254 e. The highest BCUT2D eigenvalue weighted by Gasteiger charge is 2.30. The monoisotopic (exact) mass is 241 g/mol. The Morgan fingerprint density at radius 1 is 1.40 bits per heavy atom. The van der Waals surface area contributed by atoms with E-state index in [1.807, 2.05) is 0 Å². The van der Waals surface area contributed by atoms with E-state index in [-0.39, 0.29) is 5.17 Å². The maximum atomic E-state index is 5.48. The summed E-state index contributed by atoms with van der Waals surface area (Å²) in [5.41, 5.74) is -0.935. The minimum atomic E-state index is -1.60. The van der Waals surface area contributed by atoms with Gasteiger partial charge in [-0.25, -0.2) is 0 Å². The number of halogens is 5. The van der Waals surface area contributed by atoms with Gasteiger partial charge in [-0.2, -0.15) is 0 Å². The smallest absolute Gasteiger partial charge is 0.226 e. The van der Waals surface area contributed by atoms with E-state index in [0.29, 0.717) is 0 Å². The maximum absolute atomic E-state index is 5.48. The topological polar surface area (TPSA) is 12.4 Å². The van der Waals surface area contributed by atoms with Crippen molar-refractivity contribution in [3.63, 3.8) is 0 Å². The second kappa shape index (κ2) is 4.22. The van der Waals surface area contributed by atoms with Crippen LogP contribution in [0.4, 0.5) is 0 Å². The second-order valence-corrected chi connectivity index (χ2v) is 4.83. The lowest BCUT2D eigenvalue weighted by molar-refractivity contribution is 0.937. The van der Waals surface area contributed by atoms with Crippen molar-refractivity contribution >= 4 is 63.2 Å². The molecule has 10 heavy (non-hydrogen) atoms. The Labute approximate surface area is 84.2 Å². The zero-order chi connectivity index (χ0) is 8.36. The zero-order valence-corrected chi connectivity index (χ0v) is 8.69. The molecule has 0 fully saturated rings. The summed E-state index contributed by atoms with van der Waals surface area (Å²) in [5.74, 6) is 0. The fourth-order valence-electron chi connectivity index (χ4n) is 0.229. The maximum Gasteiger partial charge on any atom is 0.226 e. The lowest BCUT2D eigenvalue weighted by atomic mass is 10.7. The molecule has 0 aliphatic rings. The first-order chi connectivity index (χ1) is 4.34. The van der Waals surface area contributed by atoms with Crippen LogP contribution in [0.2, 0.25) is 0 Å². The molecular weight excluding hydrogens is 239 g/mol. The molecule has 0 aromatic rings. The number of alkyl halides is 4. The third-order valence-corrected chi connectivity index (χ3v) is 2.04. The molecule has 1 atom stereocenters. The van der Waals surface area contributed by atoms with Gasteiger partial charge in [0.05, 0.1) is 5.17 Å². The quantitative estimate of drug-likeness (QED) is 0.379. The fraction of sp³-hybridized carbons (Fsp3) is 0.750. The van der Waals surface area contributed by atoms with Crippen molar-refractivity contribution < 1.29 is 0 Å². The van der Waals surface area contributed by atoms with Crippen molar-refractivity contribution in [1.29, 1.82) is 0 Å². The first-order valence-electron chi connectivity index (χ1n) is 2.24. The molecule has 0 saturated carbocycles. The molecule has 0 spiro atoms. The van der Waals surface area contributed by atoms with Crippen molar-refractivity contribution in [2.45, 2.75) is 16.2 Å². The van der Waals surface area contributed by atoms with Gasteiger partial charge in [0.15, 0.2) is 5.50 Å². The average Bonchev–Trinajstić information content (AvgIpc) is 1.60. The van der Waals surface area contributed by atoms with Gasteiger partial charge in [-0.05, 0) is 6.92 Å². The Hall–Kier alpha value is 1.12. The van der Waals surface area contributed by atoms with Crippen LogP contribution in [0.25, 0.3) is 0 Å². The molecule has 1 nitrogen and oxygen atoms in total. The number of hydrogen-bond acceptors (Lipinski definition) is 1. The van der Waals surface area contributed by atoms with Gasteiger partial charge >= 0.3 is 0 Å². The van der Waals surface area contributed by atoms with Gasteiger partial charge in [0.1, 0.15) is 0 Å². The van der Waals surface area contributed by atoms with Crippen molar-refractivity contribution in [2.75, 3.05) is 0 Å². The SMILES string of the molecule is C/C(Cl)=N/C(Cl)C(Cl)(Cl)Cl. The molecule has 0 aromatic heterocycles. The van der Waals surface area contributed by atoms with Gasteiger partial charge in [-0.15, -0.1) is 0 Å². The van der Waals surface area contributed by atoms with Crippen LogP contribution < -0.4 is 0 Å². The molecular formula is C4H4Cl5N. The molecule has 0 aromatic carbocycles. The van der Waals surface area contributed by atoms with Crippen LogP contribution >= 0.6 is 58.0 Å². The summed E-state index contributed by atoms with van der Waals surface area (Å²) in [7, 11) is 0. The van der Waals surface area contributed by atoms with E-state index in [9.17, 15) is 0 Å². The summed E-state index contributed by atoms with van der Waals surface area (Å²) in [5, 5.41) is 0.256. The summed E-state index contributed by atoms with van der Waals surface area (Å²) < 4.78 is -1.60. The summed E-state index contributed by atoms with van der Waals surface area (Å²) in [4.78, 5) is 3.60. The molecule has 6 heteroatoms. The Bertz CT molecular complexity index is 133. The van der Waals surface area contributed by atoms with Crippen LogP contribution in [0.3, 0.4) is 0 Å². The molecule has 0 aliphatic heterocycles. The lowest BCUT2D eigenvalue weighted by Gasteiger charge is -2.12. The Balaban J connectivity index is 4.11. The van der Waals surface area contributed by atoms with Crippen LogP contribution in [0, 0.1) is 0 Å². The molecule has 0 amide bonds. The molecule has 0 rings (SSSR count). The van der Waals surface area contributed by atoms with Gasteiger partial charge in [-0.1, -0.05) is 58.0 Å². The van der Waals surface area contributed by atoms with Crippen LogP contribution in [-0.2, 0) is 0 Å². The van der Waals surface area contributed by atoms with Crippen LogP contribution in [0.15, 0.2) is 4.99 Å². The minimum absolute atomic E-state index is 0.256. The van der Waals surface area contributed by atoms with Crippen molar-refractivity contribution in [1.82, 2.24) is 0 Å². The fourth-order valence-corrected chi connectivity index (χ4v) is 0.670. The molecule has 0 radical (unpaired) electrons.